The highest BCUT2D eigenvalue weighted by atomic mass is 16.4. The van der Waals surface area contributed by atoms with Gasteiger partial charge in [0.25, 0.3) is 0 Å². The van der Waals surface area contributed by atoms with Gasteiger partial charge in [-0.15, -0.1) is 0 Å². The van der Waals surface area contributed by atoms with Crippen molar-refractivity contribution in [1.29, 1.82) is 0 Å². The van der Waals surface area contributed by atoms with Crippen LogP contribution in [0.15, 0.2) is 0 Å². The molecule has 3 atom stereocenters. The third-order valence-corrected chi connectivity index (χ3v) is 1.46. The van der Waals surface area contributed by atoms with Crippen molar-refractivity contribution in [3.05, 3.63) is 0 Å². The quantitative estimate of drug-likeness (QED) is 0.377. The molecule has 0 heterocycles. The third-order valence-electron chi connectivity index (χ3n) is 1.46. The van der Waals surface area contributed by atoms with Crippen LogP contribution in [0, 0.1) is 0 Å². The third kappa shape index (κ3) is 2.25. The summed E-state index contributed by atoms with van der Waals surface area (Å²) in [5.41, 5.74) is -4.75. The second kappa shape index (κ2) is 3.49. The lowest BCUT2D eigenvalue weighted by atomic mass is 9.87. The Morgan fingerprint density at radius 1 is 1.58 bits per heavy atom. The average Bonchev–Trinajstić information content (AvgIpc) is 2.25. The van der Waals surface area contributed by atoms with Gasteiger partial charge in [-0.2, -0.15) is 0 Å². The summed E-state index contributed by atoms with van der Waals surface area (Å²) in [4.78, 5) is 10.4. The molecule has 0 unspecified atom stereocenters. The van der Waals surface area contributed by atoms with Crippen LogP contribution in [0.3, 0.4) is 0 Å². The Bertz CT molecular complexity index is 197. The second-order valence-electron chi connectivity index (χ2n) is 2.77. The first kappa shape index (κ1) is 8.12. The summed E-state index contributed by atoms with van der Waals surface area (Å²) in [7, 11) is 0. The summed E-state index contributed by atoms with van der Waals surface area (Å²) in [6.45, 7) is -2.63. The molecule has 4 N–H and O–H groups in total. The summed E-state index contributed by atoms with van der Waals surface area (Å²) in [5.74, 6) is 0. The summed E-state index contributed by atoms with van der Waals surface area (Å²) < 4.78 is 13.7. The van der Waals surface area contributed by atoms with Gasteiger partial charge in [0.15, 0.2) is 6.29 Å². The van der Waals surface area contributed by atoms with E-state index in [1.54, 1.807) is 0 Å². The fourth-order valence-electron chi connectivity index (χ4n) is 0.616. The first-order valence-electron chi connectivity index (χ1n) is 4.60. The molecule has 0 rings (SSSR count). The molecule has 0 aliphatic carbocycles. The van der Waals surface area contributed by atoms with Gasteiger partial charge < -0.3 is 25.2 Å². The van der Waals surface area contributed by atoms with E-state index in [2.05, 4.69) is 0 Å². The number of hydrogen-bond donors (Lipinski definition) is 4. The molecule has 0 bridgehead atoms. The van der Waals surface area contributed by atoms with Crippen molar-refractivity contribution in [2.75, 3.05) is 6.61 Å². The van der Waals surface area contributed by atoms with Crippen LogP contribution in [0.2, 0.25) is 0 Å². The number of rotatable bonds is 4. The van der Waals surface area contributed by atoms with Crippen molar-refractivity contribution in [3.63, 3.8) is 0 Å². The van der Waals surface area contributed by atoms with Crippen molar-refractivity contribution >= 4 is 6.29 Å². The molecule has 0 saturated carbocycles. The van der Waals surface area contributed by atoms with E-state index in [9.17, 15) is 20.1 Å². The van der Waals surface area contributed by atoms with Gasteiger partial charge in [0.2, 0.25) is 0 Å². The van der Waals surface area contributed by atoms with Gasteiger partial charge in [-0.3, -0.25) is 0 Å². The summed E-state index contributed by atoms with van der Waals surface area (Å²) in [6.07, 6.45) is -2.14. The van der Waals surface area contributed by atoms with E-state index in [1.807, 2.05) is 0 Å². The molecule has 0 fully saturated rings. The highest BCUT2D eigenvalue weighted by molar-refractivity contribution is 5.62. The molecular formula is C7H14O5. The number of aldehydes is 1. The summed E-state index contributed by atoms with van der Waals surface area (Å²) in [5, 5.41) is 36.8. The monoisotopic (exact) mass is 180 g/mol. The van der Waals surface area contributed by atoms with E-state index in [4.69, 9.17) is 7.85 Å². The average molecular weight is 180 g/mol. The molecule has 5 heteroatoms. The van der Waals surface area contributed by atoms with Crippen molar-refractivity contribution in [1.82, 2.24) is 0 Å². The molecule has 0 saturated heterocycles. The molecule has 12 heavy (non-hydrogen) atoms. The predicted octanol–water partition coefficient (Wildman–Crippen LogP) is -1.96. The Labute approximate surface area is 73.1 Å². The molecule has 72 valence electrons. The van der Waals surface area contributed by atoms with Gasteiger partial charge in [-0.25, -0.2) is 0 Å². The van der Waals surface area contributed by atoms with Crippen LogP contribution in [0.1, 0.15) is 16.5 Å². The van der Waals surface area contributed by atoms with E-state index >= 15 is 0 Å². The number of hydrogen-bond acceptors (Lipinski definition) is 5. The molecule has 0 radical (unpaired) electrons. The fourth-order valence-corrected chi connectivity index (χ4v) is 0.616. The number of aliphatic hydroxyl groups excluding tert-OH is 2. The minimum absolute atomic E-state index is 0.0824. The smallest absolute Gasteiger partial charge is 0.154 e. The van der Waals surface area contributed by atoms with Crippen LogP contribution in [0.4, 0.5) is 0 Å². The Morgan fingerprint density at radius 2 is 2.17 bits per heavy atom. The van der Waals surface area contributed by atoms with Crippen LogP contribution in [0.25, 0.3) is 0 Å². The van der Waals surface area contributed by atoms with E-state index in [-0.39, 0.29) is 6.29 Å². The topological polar surface area (TPSA) is 98.0 Å². The highest BCUT2D eigenvalue weighted by Crippen LogP contribution is 2.18. The Balaban J connectivity index is 4.89. The molecule has 0 amide bonds. The van der Waals surface area contributed by atoms with Crippen LogP contribution in [0.5, 0.6) is 0 Å². The zero-order valence-corrected chi connectivity index (χ0v) is 6.47. The van der Waals surface area contributed by atoms with Crippen molar-refractivity contribution in [2.45, 2.75) is 31.1 Å². The van der Waals surface area contributed by atoms with Crippen LogP contribution >= 0.6 is 0 Å². The first-order valence-corrected chi connectivity index (χ1v) is 3.18. The lowest BCUT2D eigenvalue weighted by Crippen LogP contribution is -2.56. The molecular weight excluding hydrogens is 164 g/mol. The van der Waals surface area contributed by atoms with Gasteiger partial charge in [0, 0.05) is 2.74 Å². The summed E-state index contributed by atoms with van der Waals surface area (Å²) >= 11 is 0. The lowest BCUT2D eigenvalue weighted by molar-refractivity contribution is -0.173. The van der Waals surface area contributed by atoms with Gasteiger partial charge in [-0.1, -0.05) is 0 Å². The highest BCUT2D eigenvalue weighted by Gasteiger charge is 2.42. The molecule has 0 aromatic heterocycles. The van der Waals surface area contributed by atoms with Crippen molar-refractivity contribution in [2.24, 2.45) is 0 Å². The normalized spacial score (nSPS) is 26.0. The maximum atomic E-state index is 10.4. The van der Waals surface area contributed by atoms with Crippen molar-refractivity contribution in [3.8, 4) is 0 Å². The molecule has 0 spiro atoms. The fraction of sp³-hybridized carbons (Fsp3) is 0.857. The molecule has 5 nitrogen and oxygen atoms in total. The zero-order valence-electron chi connectivity index (χ0n) is 8.47. The van der Waals surface area contributed by atoms with Gasteiger partial charge in [0.1, 0.15) is 17.3 Å². The van der Waals surface area contributed by atoms with E-state index in [0.717, 1.165) is 0 Å². The van der Waals surface area contributed by atoms with E-state index < -0.39 is 37.7 Å². The molecule has 0 aromatic rings. The van der Waals surface area contributed by atoms with Crippen LogP contribution in [-0.2, 0) is 4.79 Å². The van der Waals surface area contributed by atoms with Crippen LogP contribution < -0.4 is 0 Å². The van der Waals surface area contributed by atoms with Gasteiger partial charge >= 0.3 is 0 Å². The SMILES string of the molecule is [2H]C[C@@](O)(CO)[C@H](O)[C@@](O)(C=O)C[2H]. The standard InChI is InChI=1S/C7H14O5/c1-6(11,3-8)5(10)7(2,12)4-9/h3,5,9-12H,4H2,1-2H3/t5-,6+,7-/m1/s1/i1D,2D. The number of carbonyl (C=O) groups is 1. The maximum Gasteiger partial charge on any atom is 0.154 e. The minimum Gasteiger partial charge on any atom is -0.393 e. The maximum absolute atomic E-state index is 10.4. The molecule has 0 aromatic carbocycles. The Hall–Kier alpha value is -0.490. The van der Waals surface area contributed by atoms with Gasteiger partial charge in [-0.05, 0) is 13.8 Å². The number of aliphatic hydroxyl groups is 4. The van der Waals surface area contributed by atoms with Gasteiger partial charge in [0.05, 0.1) is 6.61 Å². The lowest BCUT2D eigenvalue weighted by Gasteiger charge is -2.33. The molecule has 0 aliphatic rings. The van der Waals surface area contributed by atoms with Crippen molar-refractivity contribution < 1.29 is 28.0 Å². The Kier molecular flexibility index (Phi) is 2.36. The Morgan fingerprint density at radius 3 is 2.42 bits per heavy atom. The number of carbonyl (C=O) groups excluding carboxylic acids is 1. The van der Waals surface area contributed by atoms with E-state index in [0.29, 0.717) is 0 Å². The summed E-state index contributed by atoms with van der Waals surface area (Å²) in [6, 6.07) is 0. The zero-order chi connectivity index (χ0) is 11.4. The first-order chi connectivity index (χ1) is 6.40. The second-order valence-corrected chi connectivity index (χ2v) is 2.77. The van der Waals surface area contributed by atoms with E-state index in [1.165, 1.54) is 0 Å². The molecule has 0 aliphatic heterocycles. The largest absolute Gasteiger partial charge is 0.393 e. The van der Waals surface area contributed by atoms with Crippen LogP contribution in [-0.4, -0.2) is 50.6 Å². The predicted molar refractivity (Wildman–Crippen MR) is 40.4 cm³/mol. The minimum atomic E-state index is -2.46.